The summed E-state index contributed by atoms with van der Waals surface area (Å²) < 4.78 is 51.4. The summed E-state index contributed by atoms with van der Waals surface area (Å²) in [6, 6.07) is 1.79. The highest BCUT2D eigenvalue weighted by atomic mass is 127. The van der Waals surface area contributed by atoms with Gasteiger partial charge in [0.25, 0.3) is 0 Å². The Kier molecular flexibility index (Phi) is 3.74. The summed E-state index contributed by atoms with van der Waals surface area (Å²) in [5.41, 5.74) is -0.768. The third kappa shape index (κ3) is 2.97. The molecular weight excluding hydrogens is 351 g/mol. The van der Waals surface area contributed by atoms with Gasteiger partial charge in [0.1, 0.15) is 5.82 Å². The second-order valence-electron chi connectivity index (χ2n) is 4.57. The van der Waals surface area contributed by atoms with E-state index >= 15 is 0 Å². The molecule has 6 heteroatoms. The van der Waals surface area contributed by atoms with Crippen molar-refractivity contribution in [3.8, 4) is 0 Å². The first-order chi connectivity index (χ1) is 7.03. The normalized spacial score (nSPS) is 13.0. The summed E-state index contributed by atoms with van der Waals surface area (Å²) in [6.07, 6.45) is -4.41. The van der Waals surface area contributed by atoms with Crippen LogP contribution in [0.4, 0.5) is 17.6 Å². The van der Waals surface area contributed by atoms with Crippen LogP contribution in [0.25, 0.3) is 0 Å². The zero-order valence-electron chi connectivity index (χ0n) is 9.04. The van der Waals surface area contributed by atoms with Crippen LogP contribution in [0.3, 0.4) is 0 Å². The van der Waals surface area contributed by atoms with Gasteiger partial charge in [-0.3, -0.25) is 0 Å². The molecule has 0 unspecified atom stereocenters. The molecule has 1 aromatic carbocycles. The van der Waals surface area contributed by atoms with E-state index in [0.29, 0.717) is 0 Å². The van der Waals surface area contributed by atoms with Gasteiger partial charge in [0.05, 0.1) is 13.6 Å². The SMILES string of the molecule is C[Si](C)(C)c1cc(C(F)(F)F)cc(I)c1F. The maximum absolute atomic E-state index is 13.7. The molecule has 0 heterocycles. The molecule has 1 rings (SSSR count). The van der Waals surface area contributed by atoms with E-state index in [1.54, 1.807) is 22.6 Å². The minimum atomic E-state index is -4.41. The molecule has 0 aromatic heterocycles. The molecule has 0 spiro atoms. The van der Waals surface area contributed by atoms with Crippen molar-refractivity contribution in [2.75, 3.05) is 0 Å². The van der Waals surface area contributed by atoms with Crippen LogP contribution < -0.4 is 5.19 Å². The molecule has 0 fully saturated rings. The van der Waals surface area contributed by atoms with Crippen LogP contribution in [0.5, 0.6) is 0 Å². The summed E-state index contributed by atoms with van der Waals surface area (Å²) in [5, 5.41) is 0.228. The molecule has 90 valence electrons. The molecule has 0 atom stereocenters. The first kappa shape index (κ1) is 13.9. The Labute approximate surface area is 106 Å². The lowest BCUT2D eigenvalue weighted by Gasteiger charge is -2.20. The van der Waals surface area contributed by atoms with Crippen molar-refractivity contribution in [2.24, 2.45) is 0 Å². The van der Waals surface area contributed by atoms with Crippen LogP contribution in [0.15, 0.2) is 12.1 Å². The van der Waals surface area contributed by atoms with Crippen molar-refractivity contribution in [1.29, 1.82) is 0 Å². The lowest BCUT2D eigenvalue weighted by Crippen LogP contribution is -2.41. The Hall–Kier alpha value is -0.113. The predicted octanol–water partition coefficient (Wildman–Crippen LogP) is 3.99. The Morgan fingerprint density at radius 3 is 2.00 bits per heavy atom. The fourth-order valence-electron chi connectivity index (χ4n) is 1.30. The standard InChI is InChI=1S/C10H11F4ISi/c1-16(2,3)8-5-6(10(12,13)14)4-7(15)9(8)11/h4-5H,1-3H3. The summed E-state index contributed by atoms with van der Waals surface area (Å²) in [4.78, 5) is 0. The molecule has 0 N–H and O–H groups in total. The first-order valence-corrected chi connectivity index (χ1v) is 9.18. The number of alkyl halides is 3. The van der Waals surface area contributed by atoms with Gasteiger partial charge in [0.2, 0.25) is 0 Å². The van der Waals surface area contributed by atoms with E-state index in [-0.39, 0.29) is 8.76 Å². The molecule has 0 nitrogen and oxygen atoms in total. The third-order valence-electron chi connectivity index (χ3n) is 2.16. The van der Waals surface area contributed by atoms with E-state index in [4.69, 9.17) is 0 Å². The summed E-state index contributed by atoms with van der Waals surface area (Å²) >= 11 is 1.60. The van der Waals surface area contributed by atoms with Crippen molar-refractivity contribution in [2.45, 2.75) is 25.8 Å². The molecule has 0 aliphatic rings. The Balaban J connectivity index is 3.46. The summed E-state index contributed by atoms with van der Waals surface area (Å²) in [6.45, 7) is 5.46. The van der Waals surface area contributed by atoms with Crippen LogP contribution in [0.2, 0.25) is 19.6 Å². The van der Waals surface area contributed by atoms with E-state index in [9.17, 15) is 17.6 Å². The maximum Gasteiger partial charge on any atom is 0.416 e. The van der Waals surface area contributed by atoms with Crippen molar-refractivity contribution in [1.82, 2.24) is 0 Å². The zero-order valence-corrected chi connectivity index (χ0v) is 12.2. The van der Waals surface area contributed by atoms with Crippen LogP contribution >= 0.6 is 22.6 Å². The molecule has 0 bridgehead atoms. The Bertz CT molecular complexity index is 407. The van der Waals surface area contributed by atoms with Crippen molar-refractivity contribution in [3.05, 3.63) is 27.1 Å². The smallest absolute Gasteiger partial charge is 0.206 e. The monoisotopic (exact) mass is 362 g/mol. The van der Waals surface area contributed by atoms with E-state index in [2.05, 4.69) is 0 Å². The van der Waals surface area contributed by atoms with Gasteiger partial charge >= 0.3 is 6.18 Å². The fourth-order valence-corrected chi connectivity index (χ4v) is 3.56. The van der Waals surface area contributed by atoms with E-state index in [1.807, 2.05) is 19.6 Å². The van der Waals surface area contributed by atoms with Gasteiger partial charge in [-0.05, 0) is 39.9 Å². The predicted molar refractivity (Wildman–Crippen MR) is 67.1 cm³/mol. The third-order valence-corrected chi connectivity index (χ3v) is 4.93. The van der Waals surface area contributed by atoms with Gasteiger partial charge in [-0.1, -0.05) is 19.6 Å². The first-order valence-electron chi connectivity index (χ1n) is 4.60. The van der Waals surface area contributed by atoms with Crippen LogP contribution in [0.1, 0.15) is 5.56 Å². The van der Waals surface area contributed by atoms with Crippen molar-refractivity contribution >= 4 is 35.9 Å². The number of hydrogen-bond donors (Lipinski definition) is 0. The number of halogens is 5. The molecule has 0 aliphatic heterocycles. The fraction of sp³-hybridized carbons (Fsp3) is 0.400. The molecular formula is C10H11F4ISi. The average Bonchev–Trinajstić information content (AvgIpc) is 2.05. The Morgan fingerprint density at radius 1 is 1.12 bits per heavy atom. The Morgan fingerprint density at radius 2 is 1.62 bits per heavy atom. The van der Waals surface area contributed by atoms with Crippen molar-refractivity contribution in [3.63, 3.8) is 0 Å². The largest absolute Gasteiger partial charge is 0.416 e. The quantitative estimate of drug-likeness (QED) is 0.403. The minimum Gasteiger partial charge on any atom is -0.206 e. The number of benzene rings is 1. The van der Waals surface area contributed by atoms with Crippen molar-refractivity contribution < 1.29 is 17.6 Å². The molecule has 0 radical (unpaired) electrons. The summed E-state index contributed by atoms with van der Waals surface area (Å²) in [5.74, 6) is -0.507. The van der Waals surface area contributed by atoms with Gasteiger partial charge < -0.3 is 0 Å². The molecule has 0 amide bonds. The van der Waals surface area contributed by atoms with Crippen LogP contribution in [-0.2, 0) is 6.18 Å². The van der Waals surface area contributed by atoms with E-state index in [1.165, 1.54) is 0 Å². The van der Waals surface area contributed by atoms with E-state index < -0.39 is 25.6 Å². The van der Waals surface area contributed by atoms with E-state index in [0.717, 1.165) is 12.1 Å². The molecule has 16 heavy (non-hydrogen) atoms. The van der Waals surface area contributed by atoms with Crippen LogP contribution in [-0.4, -0.2) is 8.07 Å². The molecule has 1 aromatic rings. The maximum atomic E-state index is 13.7. The highest BCUT2D eigenvalue weighted by Crippen LogP contribution is 2.30. The van der Waals surface area contributed by atoms with Gasteiger partial charge in [-0.2, -0.15) is 13.2 Å². The minimum absolute atomic E-state index is 0.0323. The van der Waals surface area contributed by atoms with Crippen LogP contribution in [0, 0.1) is 9.39 Å². The van der Waals surface area contributed by atoms with Gasteiger partial charge in [-0.15, -0.1) is 0 Å². The average molecular weight is 362 g/mol. The highest BCUT2D eigenvalue weighted by molar-refractivity contribution is 14.1. The zero-order chi connectivity index (χ0) is 12.7. The number of rotatable bonds is 1. The van der Waals surface area contributed by atoms with Gasteiger partial charge in [0.15, 0.2) is 0 Å². The molecule has 0 saturated carbocycles. The second kappa shape index (κ2) is 4.28. The molecule has 0 saturated heterocycles. The van der Waals surface area contributed by atoms with Gasteiger partial charge in [-0.25, -0.2) is 4.39 Å². The second-order valence-corrected chi connectivity index (χ2v) is 10.8. The lowest BCUT2D eigenvalue weighted by molar-refractivity contribution is -0.137. The topological polar surface area (TPSA) is 0 Å². The van der Waals surface area contributed by atoms with Gasteiger partial charge in [0, 0.05) is 3.57 Å². The summed E-state index contributed by atoms with van der Waals surface area (Å²) in [7, 11) is -2.10. The molecule has 0 aliphatic carbocycles. The highest BCUT2D eigenvalue weighted by Gasteiger charge is 2.34. The lowest BCUT2D eigenvalue weighted by atomic mass is 10.2. The number of hydrogen-bond acceptors (Lipinski definition) is 0.